The highest BCUT2D eigenvalue weighted by atomic mass is 35.5. The maximum Gasteiger partial charge on any atom is 0.338 e. The number of carbonyl (C=O) groups is 2. The van der Waals surface area contributed by atoms with Crippen LogP contribution in [0.1, 0.15) is 16.8 Å². The number of nitrogens with zero attached hydrogens (tertiary/aromatic N) is 1. The second-order valence-electron chi connectivity index (χ2n) is 4.65. The standard InChI is InChI=1S/C12H11ClFNO5S/c1-15-3-2-8(11(15)16)21(19,20)9-5-6(13)4-7(10(9)14)12(17)18/h4-5,8H,2-3H2,1H3,(H,17,18). The molecule has 114 valence electrons. The molecule has 1 N–H and O–H groups in total. The molecule has 1 amide bonds. The van der Waals surface area contributed by atoms with Gasteiger partial charge in [-0.15, -0.1) is 0 Å². The van der Waals surface area contributed by atoms with Crippen LogP contribution >= 0.6 is 11.6 Å². The van der Waals surface area contributed by atoms with Gasteiger partial charge in [0.05, 0.1) is 5.56 Å². The van der Waals surface area contributed by atoms with Crippen LogP contribution in [0.4, 0.5) is 4.39 Å². The average Bonchev–Trinajstić information content (AvgIpc) is 2.72. The summed E-state index contributed by atoms with van der Waals surface area (Å²) in [5, 5.41) is 7.22. The van der Waals surface area contributed by atoms with Crippen LogP contribution < -0.4 is 0 Å². The number of rotatable bonds is 3. The van der Waals surface area contributed by atoms with Crippen LogP contribution in [-0.2, 0) is 14.6 Å². The fourth-order valence-electron chi connectivity index (χ4n) is 2.16. The summed E-state index contributed by atoms with van der Waals surface area (Å²) in [7, 11) is -2.90. The number of carbonyl (C=O) groups excluding carboxylic acids is 1. The monoisotopic (exact) mass is 335 g/mol. The fraction of sp³-hybridized carbons (Fsp3) is 0.333. The SMILES string of the molecule is CN1CCC(S(=O)(=O)c2cc(Cl)cc(C(=O)O)c2F)C1=O. The molecule has 1 saturated heterocycles. The van der Waals surface area contributed by atoms with E-state index in [4.69, 9.17) is 16.7 Å². The molecule has 1 fully saturated rings. The molecule has 9 heteroatoms. The molecule has 0 saturated carbocycles. The van der Waals surface area contributed by atoms with Gasteiger partial charge in [0.1, 0.15) is 10.1 Å². The molecule has 0 spiro atoms. The first-order chi connectivity index (χ1) is 9.66. The van der Waals surface area contributed by atoms with Crippen LogP contribution in [0.25, 0.3) is 0 Å². The lowest BCUT2D eigenvalue weighted by atomic mass is 10.2. The number of amides is 1. The summed E-state index contributed by atoms with van der Waals surface area (Å²) in [6, 6.07) is 1.64. The Morgan fingerprint density at radius 3 is 2.57 bits per heavy atom. The van der Waals surface area contributed by atoms with Crippen LogP contribution in [0, 0.1) is 5.82 Å². The third-order valence-corrected chi connectivity index (χ3v) is 5.61. The number of carboxylic acid groups (broad SMARTS) is 1. The zero-order valence-electron chi connectivity index (χ0n) is 10.8. The highest BCUT2D eigenvalue weighted by molar-refractivity contribution is 7.92. The predicted octanol–water partition coefficient (Wildman–Crippen LogP) is 1.18. The van der Waals surface area contributed by atoms with Crippen LogP contribution in [0.15, 0.2) is 17.0 Å². The first-order valence-electron chi connectivity index (χ1n) is 5.87. The van der Waals surface area contributed by atoms with E-state index in [1.807, 2.05) is 0 Å². The van der Waals surface area contributed by atoms with Gasteiger partial charge in [-0.1, -0.05) is 11.6 Å². The number of hydrogen-bond donors (Lipinski definition) is 1. The van der Waals surface area contributed by atoms with E-state index in [1.165, 1.54) is 11.9 Å². The van der Waals surface area contributed by atoms with Crippen molar-refractivity contribution in [2.45, 2.75) is 16.6 Å². The maximum atomic E-state index is 14.1. The van der Waals surface area contributed by atoms with Gasteiger partial charge in [0.25, 0.3) is 0 Å². The average molecular weight is 336 g/mol. The topological polar surface area (TPSA) is 91.8 Å². The summed E-state index contributed by atoms with van der Waals surface area (Å²) in [5.41, 5.74) is -0.847. The Morgan fingerprint density at radius 2 is 2.10 bits per heavy atom. The minimum Gasteiger partial charge on any atom is -0.478 e. The Kier molecular flexibility index (Phi) is 3.94. The molecule has 0 radical (unpaired) electrons. The van der Waals surface area contributed by atoms with Gasteiger partial charge in [-0.25, -0.2) is 17.6 Å². The molecule has 0 bridgehead atoms. The minimum absolute atomic E-state index is 0.0199. The highest BCUT2D eigenvalue weighted by Gasteiger charge is 2.42. The molecule has 1 aromatic carbocycles. The molecule has 0 aromatic heterocycles. The third-order valence-electron chi connectivity index (χ3n) is 3.29. The van der Waals surface area contributed by atoms with E-state index < -0.39 is 43.2 Å². The Hall–Kier alpha value is -1.67. The highest BCUT2D eigenvalue weighted by Crippen LogP contribution is 2.30. The van der Waals surface area contributed by atoms with Gasteiger partial charge < -0.3 is 10.0 Å². The Morgan fingerprint density at radius 1 is 1.48 bits per heavy atom. The molecule has 1 unspecified atom stereocenters. The van der Waals surface area contributed by atoms with E-state index in [2.05, 4.69) is 0 Å². The van der Waals surface area contributed by atoms with E-state index in [0.717, 1.165) is 12.1 Å². The van der Waals surface area contributed by atoms with Crippen LogP contribution in [-0.4, -0.2) is 49.1 Å². The number of sulfone groups is 1. The van der Waals surface area contributed by atoms with Gasteiger partial charge in [-0.2, -0.15) is 0 Å². The van der Waals surface area contributed by atoms with Crippen LogP contribution in [0.5, 0.6) is 0 Å². The molecule has 1 aliphatic heterocycles. The van der Waals surface area contributed by atoms with Gasteiger partial charge >= 0.3 is 5.97 Å². The lowest BCUT2D eigenvalue weighted by Gasteiger charge is -2.13. The van der Waals surface area contributed by atoms with Crippen molar-refractivity contribution in [3.8, 4) is 0 Å². The molecule has 1 heterocycles. The number of aromatic carboxylic acids is 1. The summed E-state index contributed by atoms with van der Waals surface area (Å²) >= 11 is 5.65. The number of benzene rings is 1. The second kappa shape index (κ2) is 5.27. The van der Waals surface area contributed by atoms with Crippen molar-refractivity contribution in [1.29, 1.82) is 0 Å². The summed E-state index contributed by atoms with van der Waals surface area (Å²) in [5.74, 6) is -3.69. The van der Waals surface area contributed by atoms with Crippen molar-refractivity contribution in [2.75, 3.05) is 13.6 Å². The van der Waals surface area contributed by atoms with E-state index in [9.17, 15) is 22.4 Å². The quantitative estimate of drug-likeness (QED) is 0.895. The number of hydrogen-bond acceptors (Lipinski definition) is 4. The zero-order chi connectivity index (χ0) is 15.9. The van der Waals surface area contributed by atoms with Crippen molar-refractivity contribution in [3.63, 3.8) is 0 Å². The lowest BCUT2D eigenvalue weighted by molar-refractivity contribution is -0.126. The smallest absolute Gasteiger partial charge is 0.338 e. The van der Waals surface area contributed by atoms with Gasteiger partial charge in [-0.3, -0.25) is 4.79 Å². The van der Waals surface area contributed by atoms with Gasteiger partial charge in [0.15, 0.2) is 15.7 Å². The van der Waals surface area contributed by atoms with Crippen LogP contribution in [0.2, 0.25) is 5.02 Å². The number of likely N-dealkylation sites (tertiary alicyclic amines) is 1. The normalized spacial score (nSPS) is 19.1. The summed E-state index contributed by atoms with van der Waals surface area (Å²) in [4.78, 5) is 23.1. The van der Waals surface area contributed by atoms with E-state index in [1.54, 1.807) is 0 Å². The molecule has 1 aliphatic rings. The molecule has 6 nitrogen and oxygen atoms in total. The Balaban J connectivity index is 2.61. The second-order valence-corrected chi connectivity index (χ2v) is 7.19. The predicted molar refractivity (Wildman–Crippen MR) is 71.6 cm³/mol. The van der Waals surface area contributed by atoms with Crippen molar-refractivity contribution >= 4 is 33.3 Å². The summed E-state index contributed by atoms with van der Waals surface area (Å²) < 4.78 is 38.9. The molecule has 21 heavy (non-hydrogen) atoms. The lowest BCUT2D eigenvalue weighted by Crippen LogP contribution is -2.32. The van der Waals surface area contributed by atoms with Gasteiger partial charge in [-0.05, 0) is 18.6 Å². The van der Waals surface area contributed by atoms with E-state index >= 15 is 0 Å². The molecular weight excluding hydrogens is 325 g/mol. The number of halogens is 2. The maximum absolute atomic E-state index is 14.1. The van der Waals surface area contributed by atoms with Crippen LogP contribution in [0.3, 0.4) is 0 Å². The zero-order valence-corrected chi connectivity index (χ0v) is 12.4. The molecular formula is C12H11ClFNO5S. The van der Waals surface area contributed by atoms with E-state index in [-0.39, 0.29) is 18.0 Å². The van der Waals surface area contributed by atoms with Crippen molar-refractivity contribution in [2.24, 2.45) is 0 Å². The Bertz CT molecular complexity index is 733. The molecule has 1 atom stereocenters. The molecule has 2 rings (SSSR count). The molecule has 0 aliphatic carbocycles. The first-order valence-corrected chi connectivity index (χ1v) is 7.80. The first kappa shape index (κ1) is 15.7. The molecule has 1 aromatic rings. The van der Waals surface area contributed by atoms with Gasteiger partial charge in [0, 0.05) is 18.6 Å². The van der Waals surface area contributed by atoms with Gasteiger partial charge in [0.2, 0.25) is 5.91 Å². The Labute approximate surface area is 125 Å². The minimum atomic E-state index is -4.34. The number of carboxylic acids is 1. The van der Waals surface area contributed by atoms with E-state index in [0.29, 0.717) is 0 Å². The summed E-state index contributed by atoms with van der Waals surface area (Å²) in [6.45, 7) is 0.233. The van der Waals surface area contributed by atoms with Crippen molar-refractivity contribution in [3.05, 3.63) is 28.5 Å². The largest absolute Gasteiger partial charge is 0.478 e. The third kappa shape index (κ3) is 2.60. The van der Waals surface area contributed by atoms with Crippen molar-refractivity contribution < 1.29 is 27.5 Å². The fourth-order valence-corrected chi connectivity index (χ4v) is 4.26. The van der Waals surface area contributed by atoms with Crippen molar-refractivity contribution in [1.82, 2.24) is 4.90 Å². The summed E-state index contributed by atoms with van der Waals surface area (Å²) in [6.07, 6.45) is 0.0199.